The maximum atomic E-state index is 11.8. The average Bonchev–Trinajstić information content (AvgIpc) is 1.67. The molecule has 0 spiro atoms. The first-order valence-electron chi connectivity index (χ1n) is 3.27. The molecule has 0 heterocycles. The Morgan fingerprint density at radius 3 is 0.471 bits per heavy atom. The molecule has 0 saturated carbocycles. The van der Waals surface area contributed by atoms with Crippen molar-refractivity contribution in [3.05, 3.63) is 0 Å². The molecule has 13 heteroatoms. The molecule has 0 aliphatic carbocycles. The molecule has 0 aliphatic heterocycles. The molecule has 0 nitrogen and oxygen atoms in total. The Balaban J connectivity index is 6.37. The molecule has 0 fully saturated rings. The van der Waals surface area contributed by atoms with Gasteiger partial charge in [-0.2, -0.15) is 0 Å². The van der Waals surface area contributed by atoms with Crippen LogP contribution in [0.4, 0.5) is 52.7 Å². The van der Waals surface area contributed by atoms with Gasteiger partial charge in [0.1, 0.15) is 0 Å². The van der Waals surface area contributed by atoms with E-state index in [-0.39, 0.29) is 0 Å². The second-order valence-electron chi connectivity index (χ2n) is 2.74. The summed E-state index contributed by atoms with van der Waals surface area (Å²) in [6, 6.07) is 0. The van der Waals surface area contributed by atoms with Crippen LogP contribution in [0.25, 0.3) is 0 Å². The van der Waals surface area contributed by atoms with Crippen molar-refractivity contribution in [2.24, 2.45) is 0 Å². The Bertz CT molecular complexity index is 211. The van der Waals surface area contributed by atoms with Crippen LogP contribution in [-0.2, 0) is 0 Å². The van der Waals surface area contributed by atoms with Crippen molar-refractivity contribution in [2.45, 2.75) is 16.8 Å². The van der Waals surface area contributed by atoms with Crippen molar-refractivity contribution in [3.63, 3.8) is 0 Å². The van der Waals surface area contributed by atoms with Gasteiger partial charge in [0.15, 0.2) is 0 Å². The summed E-state index contributed by atoms with van der Waals surface area (Å²) in [7, 11) is 0. The van der Waals surface area contributed by atoms with Crippen LogP contribution < -0.4 is 0 Å². The van der Waals surface area contributed by atoms with Crippen molar-refractivity contribution in [2.75, 3.05) is 0 Å². The van der Waals surface area contributed by atoms with Crippen LogP contribution in [0.15, 0.2) is 0 Å². The molecule has 0 rings (SSSR count). The molecule has 0 bridgehead atoms. The Hall–Kier alpha value is -0.0413. The number of hydrogen-bond donors (Lipinski definition) is 0. The third-order valence-electron chi connectivity index (χ3n) is 1.70. The third-order valence-corrected chi connectivity index (χ3v) is 11.4. The van der Waals surface area contributed by atoms with Gasteiger partial charge in [-0.1, -0.05) is 0 Å². The Labute approximate surface area is 88.4 Å². The summed E-state index contributed by atoms with van der Waals surface area (Å²) in [6.45, 7) is 0. The Morgan fingerprint density at radius 2 is 0.471 bits per heavy atom. The van der Waals surface area contributed by atoms with E-state index in [9.17, 15) is 52.7 Å². The summed E-state index contributed by atoms with van der Waals surface area (Å²) in [6.07, 6.45) is 0. The number of rotatable bonds is 0. The number of alkyl halides is 12. The predicted molar refractivity (Wildman–Crippen MR) is 30.0 cm³/mol. The second kappa shape index (κ2) is 3.98. The van der Waals surface area contributed by atoms with Crippen molar-refractivity contribution >= 4 is 18.4 Å². The van der Waals surface area contributed by atoms with Crippen molar-refractivity contribution in [1.82, 2.24) is 0 Å². The summed E-state index contributed by atoms with van der Waals surface area (Å²) >= 11 is -10.6. The molecule has 0 radical (unpaired) electrons. The van der Waals surface area contributed by atoms with E-state index < -0.39 is 35.1 Å². The quantitative estimate of drug-likeness (QED) is 0.432. The molecule has 0 N–H and O–H groups in total. The number of halogens is 12. The van der Waals surface area contributed by atoms with Crippen LogP contribution in [0.3, 0.4) is 0 Å². The summed E-state index contributed by atoms with van der Waals surface area (Å²) in [4.78, 5) is 0. The molecule has 0 amide bonds. The molecule has 0 aliphatic rings. The van der Waals surface area contributed by atoms with Crippen LogP contribution in [0.5, 0.6) is 0 Å². The van der Waals surface area contributed by atoms with Gasteiger partial charge in [0.25, 0.3) is 0 Å². The van der Waals surface area contributed by atoms with Crippen molar-refractivity contribution in [3.8, 4) is 0 Å². The van der Waals surface area contributed by atoms with E-state index in [4.69, 9.17) is 0 Å². The predicted octanol–water partition coefficient (Wildman–Crippen LogP) is 3.84. The van der Waals surface area contributed by atoms with E-state index in [0.29, 0.717) is 0 Å². The number of hydrogen-bond acceptors (Lipinski definition) is 0. The first-order valence-corrected chi connectivity index (χ1v) is 8.98. The average molecular weight is 395 g/mol. The minimum atomic E-state index is -10.6. The fraction of sp³-hybridized carbons (Fsp3) is 1.00. The fourth-order valence-corrected chi connectivity index (χ4v) is 6.47. The zero-order valence-corrected chi connectivity index (χ0v) is 9.89. The normalized spacial score (nSPS) is 16.2. The first kappa shape index (κ1) is 17.0. The van der Waals surface area contributed by atoms with E-state index >= 15 is 0 Å². The van der Waals surface area contributed by atoms with E-state index in [1.54, 1.807) is 0 Å². The molecule has 0 aromatic carbocycles. The zero-order valence-electron chi connectivity index (χ0n) is 7.04. The molecular weight excluding hydrogens is 395 g/mol. The Kier molecular flexibility index (Phi) is 3.97. The Morgan fingerprint density at radius 1 is 0.353 bits per heavy atom. The van der Waals surface area contributed by atoms with E-state index in [0.717, 1.165) is 0 Å². The monoisotopic (exact) mass is 396 g/mol. The molecule has 0 atom stereocenters. The van der Waals surface area contributed by atoms with E-state index in [1.807, 2.05) is 0 Å². The summed E-state index contributed by atoms with van der Waals surface area (Å²) in [5.41, 5.74) is 0. The molecule has 0 aromatic heterocycles. The summed E-state index contributed by atoms with van der Waals surface area (Å²) in [5.74, 6) is 0. The topological polar surface area (TPSA) is 0 Å². The van der Waals surface area contributed by atoms with Crippen LogP contribution in [0.1, 0.15) is 0 Å². The van der Waals surface area contributed by atoms with Gasteiger partial charge in [0.2, 0.25) is 0 Å². The van der Waals surface area contributed by atoms with E-state index in [1.165, 1.54) is 0 Å². The van der Waals surface area contributed by atoms with Gasteiger partial charge < -0.3 is 0 Å². The molecule has 104 valence electrons. The first-order chi connectivity index (χ1) is 7.00. The summed E-state index contributed by atoms with van der Waals surface area (Å²) < 4.78 is 112. The van der Waals surface area contributed by atoms with Crippen LogP contribution in [0.2, 0.25) is 0 Å². The van der Waals surface area contributed by atoms with Crippen LogP contribution in [0, 0.1) is 0 Å². The molecule has 0 aromatic rings. The second-order valence-corrected chi connectivity index (χ2v) is 13.5. The maximum absolute atomic E-state index is 11.8. The van der Waals surface area contributed by atoms with E-state index in [2.05, 4.69) is 0 Å². The van der Waals surface area contributed by atoms with Gasteiger partial charge in [-0.3, -0.25) is 0 Å². The van der Waals surface area contributed by atoms with Gasteiger partial charge in [0, 0.05) is 0 Å². The van der Waals surface area contributed by atoms with Gasteiger partial charge >= 0.3 is 87.8 Å². The SMILES string of the molecule is F[C](F)(F)[Sn]([C](F)(F)F)([C](F)(F)F)[C](F)(F)F. The van der Waals surface area contributed by atoms with Crippen LogP contribution in [-0.4, -0.2) is 35.1 Å². The molecular formula is C4F12Sn. The fourth-order valence-electron chi connectivity index (χ4n) is 0.964. The van der Waals surface area contributed by atoms with Gasteiger partial charge in [-0.05, 0) is 0 Å². The van der Waals surface area contributed by atoms with Gasteiger partial charge in [0.05, 0.1) is 0 Å². The van der Waals surface area contributed by atoms with Crippen molar-refractivity contribution in [1.29, 1.82) is 0 Å². The van der Waals surface area contributed by atoms with Gasteiger partial charge in [-0.25, -0.2) is 0 Å². The molecule has 0 saturated heterocycles. The van der Waals surface area contributed by atoms with Gasteiger partial charge in [-0.15, -0.1) is 0 Å². The molecule has 0 unspecified atom stereocenters. The van der Waals surface area contributed by atoms with Crippen LogP contribution >= 0.6 is 0 Å². The minimum absolute atomic E-state index is 7.40. The zero-order chi connectivity index (χ0) is 14.5. The third kappa shape index (κ3) is 2.40. The molecule has 17 heavy (non-hydrogen) atoms. The standard InChI is InChI=1S/4CF3.Sn/c4*2-1(3)4;. The summed E-state index contributed by atoms with van der Waals surface area (Å²) in [5, 5.41) is 0. The van der Waals surface area contributed by atoms with Crippen molar-refractivity contribution < 1.29 is 52.7 Å².